The molecule has 0 saturated carbocycles. The molecule has 0 spiro atoms. The summed E-state index contributed by atoms with van der Waals surface area (Å²) in [5, 5.41) is 0. The van der Waals surface area contributed by atoms with Gasteiger partial charge >= 0.3 is 9.05 Å². The maximum Gasteiger partial charge on any atom is 0.679 e. The van der Waals surface area contributed by atoms with E-state index in [1.54, 1.807) is 0 Å². The highest BCUT2D eigenvalue weighted by Gasteiger charge is 2.42. The van der Waals surface area contributed by atoms with Gasteiger partial charge in [-0.2, -0.15) is 0 Å². The minimum Gasteiger partial charge on any atom is -0.355 e. The summed E-state index contributed by atoms with van der Waals surface area (Å²) >= 11 is 0. The Balaban J connectivity index is 3.96. The summed E-state index contributed by atoms with van der Waals surface area (Å²) in [5.74, 6) is 0. The lowest BCUT2D eigenvalue weighted by Gasteiger charge is -2.23. The fourth-order valence-corrected chi connectivity index (χ4v) is 2.14. The zero-order valence-corrected chi connectivity index (χ0v) is 8.55. The van der Waals surface area contributed by atoms with Gasteiger partial charge in [-0.15, -0.1) is 0 Å². The maximum absolute atomic E-state index is 5.24. The summed E-state index contributed by atoms with van der Waals surface area (Å²) in [7, 11) is 0.314. The quantitative estimate of drug-likeness (QED) is 0.566. The first-order chi connectivity index (χ1) is 5.24. The van der Waals surface area contributed by atoms with Crippen LogP contribution in [0.2, 0.25) is 0 Å². The van der Waals surface area contributed by atoms with Crippen molar-refractivity contribution in [1.29, 1.82) is 0 Å². The Morgan fingerprint density at radius 2 is 1.27 bits per heavy atom. The van der Waals surface area contributed by atoms with Crippen molar-refractivity contribution < 1.29 is 17.7 Å². The van der Waals surface area contributed by atoms with Crippen LogP contribution in [-0.2, 0) is 17.7 Å². The van der Waals surface area contributed by atoms with Gasteiger partial charge in [-0.1, -0.05) is 0 Å². The van der Waals surface area contributed by atoms with E-state index in [0.29, 0.717) is 13.2 Å². The lowest BCUT2D eigenvalue weighted by Crippen LogP contribution is -2.47. The monoisotopic (exact) mass is 180 g/mol. The predicted octanol–water partition coefficient (Wildman–Crippen LogP) is 0.788. The van der Waals surface area contributed by atoms with Crippen LogP contribution in [0.5, 0.6) is 0 Å². The van der Waals surface area contributed by atoms with Crippen molar-refractivity contribution in [3.8, 4) is 0 Å². The van der Waals surface area contributed by atoms with Gasteiger partial charge in [-0.05, 0) is 13.8 Å². The van der Waals surface area contributed by atoms with Crippen LogP contribution in [-0.4, -0.2) is 36.5 Å². The van der Waals surface area contributed by atoms with Gasteiger partial charge in [0, 0.05) is 27.4 Å². The van der Waals surface area contributed by atoms with E-state index in [9.17, 15) is 0 Å². The second kappa shape index (κ2) is 5.67. The third kappa shape index (κ3) is 3.30. The zero-order chi connectivity index (χ0) is 8.74. The van der Waals surface area contributed by atoms with Gasteiger partial charge in [0.05, 0.1) is 0 Å². The van der Waals surface area contributed by atoms with Crippen molar-refractivity contribution >= 4 is 9.05 Å². The summed E-state index contributed by atoms with van der Waals surface area (Å²) in [6, 6.07) is 0. The van der Waals surface area contributed by atoms with E-state index >= 15 is 0 Å². The van der Waals surface area contributed by atoms with Crippen LogP contribution >= 0.6 is 0 Å². The minimum atomic E-state index is -2.74. The fourth-order valence-electron chi connectivity index (χ4n) is 0.714. The smallest absolute Gasteiger partial charge is 0.355 e. The molecule has 0 unspecified atom stereocenters. The zero-order valence-electron chi connectivity index (χ0n) is 7.55. The highest BCUT2D eigenvalue weighted by atomic mass is 28.4. The molecule has 0 atom stereocenters. The average Bonchev–Trinajstić information content (AvgIpc) is 2.04. The van der Waals surface area contributed by atoms with Crippen LogP contribution in [0.4, 0.5) is 0 Å². The van der Waals surface area contributed by atoms with Crippen molar-refractivity contribution in [3.63, 3.8) is 0 Å². The van der Waals surface area contributed by atoms with Crippen LogP contribution in [0.15, 0.2) is 0 Å². The molecule has 0 amide bonds. The van der Waals surface area contributed by atoms with E-state index in [0.717, 1.165) is 0 Å². The Morgan fingerprint density at radius 1 is 0.909 bits per heavy atom. The maximum atomic E-state index is 5.24. The van der Waals surface area contributed by atoms with Crippen LogP contribution < -0.4 is 0 Å². The molecular weight excluding hydrogens is 164 g/mol. The molecule has 0 fully saturated rings. The first-order valence-corrected chi connectivity index (χ1v) is 5.26. The minimum absolute atomic E-state index is 0.536. The Kier molecular flexibility index (Phi) is 5.70. The second-order valence-corrected chi connectivity index (χ2v) is 4.17. The van der Waals surface area contributed by atoms with Gasteiger partial charge < -0.3 is 17.7 Å². The Labute approximate surface area is 68.9 Å². The van der Waals surface area contributed by atoms with Gasteiger partial charge in [-0.25, -0.2) is 0 Å². The van der Waals surface area contributed by atoms with E-state index < -0.39 is 9.05 Å². The average molecular weight is 180 g/mol. The number of rotatable bonds is 6. The SMILES string of the molecule is CCO[Si](OC)(OC)OCC. The molecule has 0 aliphatic heterocycles. The first-order valence-electron chi connectivity index (χ1n) is 3.62. The molecule has 0 heterocycles. The molecule has 0 radical (unpaired) electrons. The number of hydrogen-bond donors (Lipinski definition) is 0. The molecule has 0 saturated heterocycles. The van der Waals surface area contributed by atoms with Crippen molar-refractivity contribution in [1.82, 2.24) is 0 Å². The molecule has 0 aromatic carbocycles. The van der Waals surface area contributed by atoms with Crippen molar-refractivity contribution in [2.45, 2.75) is 13.8 Å². The third-order valence-corrected chi connectivity index (χ3v) is 3.43. The molecule has 0 aromatic heterocycles. The topological polar surface area (TPSA) is 36.9 Å². The van der Waals surface area contributed by atoms with Gasteiger partial charge in [0.2, 0.25) is 0 Å². The van der Waals surface area contributed by atoms with Crippen molar-refractivity contribution in [2.75, 3.05) is 27.4 Å². The molecule has 0 aliphatic rings. The van der Waals surface area contributed by atoms with E-state index in [1.807, 2.05) is 13.8 Å². The second-order valence-electron chi connectivity index (χ2n) is 1.77. The van der Waals surface area contributed by atoms with Crippen molar-refractivity contribution in [3.05, 3.63) is 0 Å². The highest BCUT2D eigenvalue weighted by molar-refractivity contribution is 6.53. The Hall–Kier alpha value is 0.0569. The molecule has 0 rings (SSSR count). The van der Waals surface area contributed by atoms with E-state index in [4.69, 9.17) is 17.7 Å². The van der Waals surface area contributed by atoms with E-state index in [2.05, 4.69) is 0 Å². The molecule has 11 heavy (non-hydrogen) atoms. The highest BCUT2D eigenvalue weighted by Crippen LogP contribution is 2.08. The first kappa shape index (κ1) is 11.1. The standard InChI is InChI=1S/C6H16O4Si/c1-5-9-11(7-3,8-4)10-6-2/h5-6H2,1-4H3. The lowest BCUT2D eigenvalue weighted by molar-refractivity contribution is -0.00275. The fraction of sp³-hybridized carbons (Fsp3) is 1.00. The summed E-state index contributed by atoms with van der Waals surface area (Å²) in [6.45, 7) is 4.82. The predicted molar refractivity (Wildman–Crippen MR) is 43.0 cm³/mol. The summed E-state index contributed by atoms with van der Waals surface area (Å²) in [6.07, 6.45) is 0. The van der Waals surface area contributed by atoms with Crippen LogP contribution in [0.1, 0.15) is 13.8 Å². The largest absolute Gasteiger partial charge is 0.679 e. The normalized spacial score (nSPS) is 12.0. The van der Waals surface area contributed by atoms with Gasteiger partial charge in [0.1, 0.15) is 0 Å². The summed E-state index contributed by atoms with van der Waals surface area (Å²) < 4.78 is 20.6. The summed E-state index contributed by atoms with van der Waals surface area (Å²) in [4.78, 5) is 0. The molecule has 0 aliphatic carbocycles. The van der Waals surface area contributed by atoms with Crippen LogP contribution in [0.25, 0.3) is 0 Å². The molecule has 0 bridgehead atoms. The van der Waals surface area contributed by atoms with Crippen LogP contribution in [0.3, 0.4) is 0 Å². The third-order valence-electron chi connectivity index (χ3n) is 1.14. The molecule has 0 aromatic rings. The number of hydrogen-bond acceptors (Lipinski definition) is 4. The molecule has 5 heteroatoms. The molecule has 68 valence electrons. The van der Waals surface area contributed by atoms with Crippen LogP contribution in [0, 0.1) is 0 Å². The Bertz CT molecular complexity index is 86.6. The molecule has 0 N–H and O–H groups in total. The van der Waals surface area contributed by atoms with Crippen molar-refractivity contribution in [2.24, 2.45) is 0 Å². The Morgan fingerprint density at radius 3 is 1.45 bits per heavy atom. The van der Waals surface area contributed by atoms with E-state index in [1.165, 1.54) is 14.2 Å². The van der Waals surface area contributed by atoms with Gasteiger partial charge in [0.15, 0.2) is 0 Å². The lowest BCUT2D eigenvalue weighted by atomic mass is 10.9. The molecule has 4 nitrogen and oxygen atoms in total. The molecular formula is C6H16O4Si. The summed E-state index contributed by atoms with van der Waals surface area (Å²) in [5.41, 5.74) is 0. The van der Waals surface area contributed by atoms with E-state index in [-0.39, 0.29) is 0 Å². The van der Waals surface area contributed by atoms with Gasteiger partial charge in [-0.3, -0.25) is 0 Å². The van der Waals surface area contributed by atoms with Gasteiger partial charge in [0.25, 0.3) is 0 Å².